The van der Waals surface area contributed by atoms with E-state index in [4.69, 9.17) is 10.5 Å². The number of carbonyl (C=O) groups excluding carboxylic acids is 1. The second-order valence-corrected chi connectivity index (χ2v) is 9.81. The number of piperidine rings is 1. The van der Waals surface area contributed by atoms with E-state index in [2.05, 4.69) is 15.0 Å². The van der Waals surface area contributed by atoms with Gasteiger partial charge in [0, 0.05) is 24.5 Å². The molecule has 2 aliphatic rings. The zero-order valence-corrected chi connectivity index (χ0v) is 20.3. The molecule has 1 atom stereocenters. The Kier molecular flexibility index (Phi) is 6.52. The second kappa shape index (κ2) is 9.62. The van der Waals surface area contributed by atoms with Gasteiger partial charge in [-0.3, -0.25) is 9.48 Å². The van der Waals surface area contributed by atoms with Gasteiger partial charge in [-0.2, -0.15) is 23.3 Å². The smallest absolute Gasteiger partial charge is 0.416 e. The normalized spacial score (nSPS) is 19.9. The molecule has 0 aliphatic carbocycles. The number of amidine groups is 1. The minimum Gasteiger partial charge on any atom is -0.497 e. The summed E-state index contributed by atoms with van der Waals surface area (Å²) in [4.78, 5) is 19.3. The van der Waals surface area contributed by atoms with E-state index < -0.39 is 11.7 Å². The van der Waals surface area contributed by atoms with Crippen LogP contribution in [0, 0.1) is 0 Å². The van der Waals surface area contributed by atoms with Crippen molar-refractivity contribution in [2.75, 3.05) is 20.2 Å². The number of hydrogen-bond acceptors (Lipinski definition) is 6. The molecular formula is C25H24F3N5O2S. The van der Waals surface area contributed by atoms with Crippen LogP contribution in [0.4, 0.5) is 13.2 Å². The van der Waals surface area contributed by atoms with E-state index in [1.54, 1.807) is 18.3 Å². The third-order valence-corrected chi connectivity index (χ3v) is 7.29. The Labute approximate surface area is 209 Å². The van der Waals surface area contributed by atoms with Crippen molar-refractivity contribution in [3.05, 3.63) is 64.2 Å². The number of thioether (sulfide) groups is 1. The highest BCUT2D eigenvalue weighted by Gasteiger charge is 2.34. The lowest BCUT2D eigenvalue weighted by Gasteiger charge is -2.31. The predicted octanol–water partition coefficient (Wildman–Crippen LogP) is 4.51. The number of hydrogen-bond donors (Lipinski definition) is 1. The van der Waals surface area contributed by atoms with Crippen LogP contribution in [0.25, 0.3) is 17.0 Å². The fraction of sp³-hybridized carbons (Fsp3) is 0.320. The van der Waals surface area contributed by atoms with Crippen LogP contribution in [0.15, 0.2) is 52.5 Å². The molecule has 1 saturated heterocycles. The number of nitrogens with zero attached hydrogens (tertiary/aromatic N) is 4. The molecule has 1 aromatic heterocycles. The molecule has 3 heterocycles. The van der Waals surface area contributed by atoms with E-state index in [9.17, 15) is 18.0 Å². The highest BCUT2D eigenvalue weighted by atomic mass is 32.2. The van der Waals surface area contributed by atoms with Crippen LogP contribution < -0.4 is 10.5 Å². The van der Waals surface area contributed by atoms with Crippen molar-refractivity contribution in [2.24, 2.45) is 10.7 Å². The Morgan fingerprint density at radius 3 is 2.83 bits per heavy atom. The van der Waals surface area contributed by atoms with Gasteiger partial charge in [0.2, 0.25) is 0 Å². The maximum Gasteiger partial charge on any atom is 0.416 e. The zero-order chi connectivity index (χ0) is 25.4. The van der Waals surface area contributed by atoms with E-state index in [1.165, 1.54) is 35.7 Å². The first-order valence-corrected chi connectivity index (χ1v) is 12.3. The van der Waals surface area contributed by atoms with Crippen LogP contribution in [0.5, 0.6) is 5.75 Å². The van der Waals surface area contributed by atoms with Crippen LogP contribution in [-0.4, -0.2) is 52.0 Å². The first-order valence-electron chi connectivity index (χ1n) is 11.4. The molecule has 3 aromatic rings. The van der Waals surface area contributed by atoms with Gasteiger partial charge in [-0.15, -0.1) is 0 Å². The molecule has 1 unspecified atom stereocenters. The molecule has 2 aromatic carbocycles. The van der Waals surface area contributed by atoms with Crippen molar-refractivity contribution in [1.29, 1.82) is 0 Å². The summed E-state index contributed by atoms with van der Waals surface area (Å²) < 4.78 is 47.3. The van der Waals surface area contributed by atoms with E-state index in [-0.39, 0.29) is 29.8 Å². The van der Waals surface area contributed by atoms with Crippen molar-refractivity contribution in [3.63, 3.8) is 0 Å². The van der Waals surface area contributed by atoms with E-state index in [1.807, 2.05) is 12.1 Å². The Hall–Kier alpha value is -3.31. The maximum atomic E-state index is 13.6. The van der Waals surface area contributed by atoms with Crippen LogP contribution in [0.3, 0.4) is 0 Å². The van der Waals surface area contributed by atoms with Gasteiger partial charge >= 0.3 is 6.18 Å². The van der Waals surface area contributed by atoms with Gasteiger partial charge in [-0.05, 0) is 66.1 Å². The monoisotopic (exact) mass is 515 g/mol. The SMILES string of the molecule is COc1ccc(Cn2ncc3cc(C=C4SC(N5CCCC(N)C5)=NC4=O)ccc32)c(C(F)(F)F)c1. The molecule has 36 heavy (non-hydrogen) atoms. The van der Waals surface area contributed by atoms with Gasteiger partial charge in [0.15, 0.2) is 5.17 Å². The Morgan fingerprint density at radius 2 is 2.08 bits per heavy atom. The Morgan fingerprint density at radius 1 is 1.25 bits per heavy atom. The molecule has 2 aliphatic heterocycles. The van der Waals surface area contributed by atoms with Crippen molar-refractivity contribution in [2.45, 2.75) is 31.6 Å². The number of carbonyl (C=O) groups is 1. The van der Waals surface area contributed by atoms with Crippen LogP contribution >= 0.6 is 11.8 Å². The number of aliphatic imine (C=N–C) groups is 1. The first-order chi connectivity index (χ1) is 17.2. The lowest BCUT2D eigenvalue weighted by molar-refractivity contribution is -0.138. The summed E-state index contributed by atoms with van der Waals surface area (Å²) in [7, 11) is 1.33. The summed E-state index contributed by atoms with van der Waals surface area (Å²) >= 11 is 1.34. The lowest BCUT2D eigenvalue weighted by atomic mass is 10.1. The summed E-state index contributed by atoms with van der Waals surface area (Å²) in [5, 5.41) is 5.74. The van der Waals surface area contributed by atoms with Crippen LogP contribution in [-0.2, 0) is 17.5 Å². The minimum absolute atomic E-state index is 0.0493. The van der Waals surface area contributed by atoms with Gasteiger partial charge < -0.3 is 15.4 Å². The van der Waals surface area contributed by atoms with Crippen molar-refractivity contribution < 1.29 is 22.7 Å². The number of methoxy groups -OCH3 is 1. The minimum atomic E-state index is -4.52. The van der Waals surface area contributed by atoms with E-state index in [0.29, 0.717) is 22.1 Å². The highest BCUT2D eigenvalue weighted by Crippen LogP contribution is 2.35. The van der Waals surface area contributed by atoms with E-state index >= 15 is 0 Å². The van der Waals surface area contributed by atoms with Crippen molar-refractivity contribution in [1.82, 2.24) is 14.7 Å². The highest BCUT2D eigenvalue weighted by molar-refractivity contribution is 8.18. The summed E-state index contributed by atoms with van der Waals surface area (Å²) in [6.07, 6.45) is 0.798. The number of likely N-dealkylation sites (tertiary alicyclic amines) is 1. The molecule has 5 rings (SSSR count). The molecule has 1 fully saturated rings. The number of alkyl halides is 3. The second-order valence-electron chi connectivity index (χ2n) is 8.80. The molecule has 0 radical (unpaired) electrons. The molecule has 11 heteroatoms. The van der Waals surface area contributed by atoms with Gasteiger partial charge in [-0.1, -0.05) is 12.1 Å². The van der Waals surface area contributed by atoms with Gasteiger partial charge in [0.25, 0.3) is 5.91 Å². The number of benzene rings is 2. The number of nitrogens with two attached hydrogens (primary N) is 1. The summed E-state index contributed by atoms with van der Waals surface area (Å²) in [6, 6.07) is 9.45. The Bertz CT molecular complexity index is 1380. The van der Waals surface area contributed by atoms with E-state index in [0.717, 1.165) is 36.4 Å². The largest absolute Gasteiger partial charge is 0.497 e. The van der Waals surface area contributed by atoms with Gasteiger partial charge in [0.1, 0.15) is 5.75 Å². The molecule has 0 spiro atoms. The van der Waals surface area contributed by atoms with Crippen molar-refractivity contribution in [3.8, 4) is 5.75 Å². The predicted molar refractivity (Wildman–Crippen MR) is 134 cm³/mol. The Balaban J connectivity index is 1.37. The maximum absolute atomic E-state index is 13.6. The van der Waals surface area contributed by atoms with Gasteiger partial charge in [0.05, 0.1) is 35.8 Å². The third kappa shape index (κ3) is 4.98. The molecule has 0 saturated carbocycles. The number of halogens is 3. The number of amides is 1. The molecule has 2 N–H and O–H groups in total. The van der Waals surface area contributed by atoms with Crippen molar-refractivity contribution >= 4 is 39.8 Å². The molecule has 188 valence electrons. The lowest BCUT2D eigenvalue weighted by Crippen LogP contribution is -2.44. The third-order valence-electron chi connectivity index (χ3n) is 6.24. The number of rotatable bonds is 4. The van der Waals surface area contributed by atoms with Crippen LogP contribution in [0.2, 0.25) is 0 Å². The fourth-order valence-corrected chi connectivity index (χ4v) is 5.38. The molecular weight excluding hydrogens is 491 g/mol. The zero-order valence-electron chi connectivity index (χ0n) is 19.5. The van der Waals surface area contributed by atoms with Gasteiger partial charge in [-0.25, -0.2) is 0 Å². The topological polar surface area (TPSA) is 85.7 Å². The molecule has 1 amide bonds. The standard InChI is InChI=1S/C25H24F3N5O2S/c1-35-19-6-5-16(20(11-19)25(26,27)28)13-33-21-7-4-15(9-17(21)12-30-33)10-22-23(34)31-24(36-22)32-8-2-3-18(29)14-32/h4-7,9-12,18H,2-3,8,13-14,29H2,1H3. The summed E-state index contributed by atoms with van der Waals surface area (Å²) in [5.41, 5.74) is 6.86. The van der Waals surface area contributed by atoms with Crippen LogP contribution in [0.1, 0.15) is 29.5 Å². The average Bonchev–Trinajstić information content (AvgIpc) is 3.41. The first kappa shape index (κ1) is 24.4. The fourth-order valence-electron chi connectivity index (χ4n) is 4.44. The molecule has 0 bridgehead atoms. The number of aromatic nitrogens is 2. The average molecular weight is 516 g/mol. The number of ether oxygens (including phenoxy) is 1. The number of fused-ring (bicyclic) bond motifs is 1. The summed E-state index contributed by atoms with van der Waals surface area (Å²) in [5.74, 6) is -0.146. The summed E-state index contributed by atoms with van der Waals surface area (Å²) in [6.45, 7) is 1.46. The molecule has 7 nitrogen and oxygen atoms in total. The quantitative estimate of drug-likeness (QED) is 0.515.